The van der Waals surface area contributed by atoms with Gasteiger partial charge in [0.25, 0.3) is 0 Å². The number of benzene rings is 5. The molecule has 1 heteroatoms. The van der Waals surface area contributed by atoms with Gasteiger partial charge in [-0.05, 0) is 107 Å². The molecular weight excluding hydrogens is 344 g/mol. The van der Waals surface area contributed by atoms with Crippen LogP contribution in [0.4, 0.5) is 0 Å². The lowest BCUT2D eigenvalue weighted by molar-refractivity contribution is 1.74. The average Bonchev–Trinajstić information content (AvgIpc) is 3.23. The van der Waals surface area contributed by atoms with Crippen molar-refractivity contribution < 1.29 is 0 Å². The molecule has 0 saturated carbocycles. The van der Waals surface area contributed by atoms with Gasteiger partial charge in [0.2, 0.25) is 0 Å². The maximum Gasteiger partial charge on any atom is -0.00145 e. The molecule has 0 aliphatic heterocycles. The van der Waals surface area contributed by atoms with Crippen LogP contribution in [0.2, 0.25) is 0 Å². The van der Waals surface area contributed by atoms with E-state index in [-0.39, 0.29) is 0 Å². The Morgan fingerprint density at radius 3 is 1.74 bits per heavy atom. The minimum absolute atomic E-state index is 1.30. The second kappa shape index (κ2) is 5.67. The van der Waals surface area contributed by atoms with Crippen LogP contribution in [-0.4, -0.2) is 0 Å². The molecule has 1 heterocycles. The normalized spacial score (nSPS) is 11.7. The quantitative estimate of drug-likeness (QED) is 0.260. The Morgan fingerprint density at radius 1 is 0.481 bits per heavy atom. The predicted molar refractivity (Wildman–Crippen MR) is 120 cm³/mol. The van der Waals surface area contributed by atoms with Crippen LogP contribution < -0.4 is 0 Å². The molecule has 1 aromatic heterocycles. The summed E-state index contributed by atoms with van der Waals surface area (Å²) in [7, 11) is 0. The van der Waals surface area contributed by atoms with Gasteiger partial charge in [0.1, 0.15) is 0 Å². The fraction of sp³-hybridized carbons (Fsp3) is 0. The molecule has 0 bridgehead atoms. The van der Waals surface area contributed by atoms with E-state index < -0.39 is 0 Å². The molecule has 126 valence electrons. The zero-order valence-electron chi connectivity index (χ0n) is 14.6. The van der Waals surface area contributed by atoms with Crippen molar-refractivity contribution in [3.63, 3.8) is 0 Å². The molecule has 0 aliphatic carbocycles. The molecule has 0 aliphatic rings. The van der Waals surface area contributed by atoms with Crippen molar-refractivity contribution >= 4 is 54.4 Å². The van der Waals surface area contributed by atoms with Crippen molar-refractivity contribution in [3.8, 4) is 11.1 Å². The van der Waals surface area contributed by atoms with Gasteiger partial charge in [-0.25, -0.2) is 0 Å². The fourth-order valence-electron chi connectivity index (χ4n) is 4.14. The van der Waals surface area contributed by atoms with Gasteiger partial charge in [0.15, 0.2) is 0 Å². The molecule has 6 aromatic rings. The number of fused-ring (bicyclic) bond motifs is 4. The molecule has 0 radical (unpaired) electrons. The Hall–Kier alpha value is -3.16. The summed E-state index contributed by atoms with van der Waals surface area (Å²) in [4.78, 5) is 0. The van der Waals surface area contributed by atoms with E-state index in [1.807, 2.05) is 0 Å². The van der Waals surface area contributed by atoms with Crippen molar-refractivity contribution in [2.45, 2.75) is 0 Å². The predicted octanol–water partition coefficient (Wildman–Crippen LogP) is 8.03. The summed E-state index contributed by atoms with van der Waals surface area (Å²) >= 11 is 1.75. The average molecular weight is 360 g/mol. The maximum atomic E-state index is 2.35. The van der Waals surface area contributed by atoms with Crippen LogP contribution in [-0.2, 0) is 0 Å². The molecule has 0 fully saturated rings. The summed E-state index contributed by atoms with van der Waals surface area (Å²) in [5, 5.41) is 14.8. The van der Waals surface area contributed by atoms with Crippen LogP contribution in [0.15, 0.2) is 95.7 Å². The summed E-state index contributed by atoms with van der Waals surface area (Å²) in [5.74, 6) is 0. The first-order valence-corrected chi connectivity index (χ1v) is 10.1. The van der Waals surface area contributed by atoms with Crippen LogP contribution in [0.1, 0.15) is 0 Å². The van der Waals surface area contributed by atoms with E-state index in [2.05, 4.69) is 95.7 Å². The topological polar surface area (TPSA) is 0 Å². The number of hydrogen-bond donors (Lipinski definition) is 0. The van der Waals surface area contributed by atoms with E-state index in [0.29, 0.717) is 0 Å². The van der Waals surface area contributed by atoms with Crippen molar-refractivity contribution in [3.05, 3.63) is 95.7 Å². The van der Waals surface area contributed by atoms with E-state index >= 15 is 0 Å². The Bertz CT molecular complexity index is 1460. The highest BCUT2D eigenvalue weighted by molar-refractivity contribution is 7.08. The first-order valence-electron chi connectivity index (χ1n) is 9.17. The molecule has 0 spiro atoms. The molecule has 0 atom stereocenters. The summed E-state index contributed by atoms with van der Waals surface area (Å²) in [5.41, 5.74) is 2.62. The molecule has 0 amide bonds. The van der Waals surface area contributed by atoms with E-state index in [1.165, 1.54) is 54.2 Å². The highest BCUT2D eigenvalue weighted by Crippen LogP contribution is 2.35. The second-order valence-corrected chi connectivity index (χ2v) is 7.92. The smallest absolute Gasteiger partial charge is 0.00145 e. The third kappa shape index (κ3) is 2.36. The first-order chi connectivity index (χ1) is 13.3. The summed E-state index contributed by atoms with van der Waals surface area (Å²) in [6.07, 6.45) is 0. The molecule has 0 nitrogen and oxygen atoms in total. The second-order valence-electron chi connectivity index (χ2n) is 7.14. The van der Waals surface area contributed by atoms with E-state index in [1.54, 1.807) is 11.3 Å². The number of rotatable bonds is 1. The minimum atomic E-state index is 1.30. The van der Waals surface area contributed by atoms with E-state index in [9.17, 15) is 0 Å². The minimum Gasteiger partial charge on any atom is -0.152 e. The lowest BCUT2D eigenvalue weighted by Crippen LogP contribution is -1.83. The Kier molecular flexibility index (Phi) is 3.14. The first kappa shape index (κ1) is 15.0. The number of hydrogen-bond acceptors (Lipinski definition) is 1. The lowest BCUT2D eigenvalue weighted by Gasteiger charge is -2.09. The largest absolute Gasteiger partial charge is 0.152 e. The molecule has 27 heavy (non-hydrogen) atoms. The fourth-order valence-corrected chi connectivity index (χ4v) is 4.80. The lowest BCUT2D eigenvalue weighted by atomic mass is 9.94. The van der Waals surface area contributed by atoms with Crippen molar-refractivity contribution in [2.24, 2.45) is 0 Å². The van der Waals surface area contributed by atoms with Gasteiger partial charge in [0.05, 0.1) is 0 Å². The highest BCUT2D eigenvalue weighted by Gasteiger charge is 2.07. The standard InChI is InChI=1S/C26H16S/c1-2-5-18-11-22-14-24-15-26-19(6-3-7-25(26)20-8-9-27-16-20)12-23(24)13-21(22)10-17(18)4-1/h1-16H. The van der Waals surface area contributed by atoms with Gasteiger partial charge >= 0.3 is 0 Å². The van der Waals surface area contributed by atoms with Gasteiger partial charge in [-0.3, -0.25) is 0 Å². The number of thiophene rings is 1. The Balaban J connectivity index is 1.70. The SMILES string of the molecule is c1ccc2cc3cc4cc5c(-c6ccsc6)cccc5cc4cc3cc2c1. The van der Waals surface area contributed by atoms with Gasteiger partial charge in [-0.2, -0.15) is 11.3 Å². The van der Waals surface area contributed by atoms with Gasteiger partial charge in [0, 0.05) is 0 Å². The van der Waals surface area contributed by atoms with Crippen LogP contribution in [0.5, 0.6) is 0 Å². The van der Waals surface area contributed by atoms with Crippen molar-refractivity contribution in [1.82, 2.24) is 0 Å². The van der Waals surface area contributed by atoms with Crippen LogP contribution in [0.25, 0.3) is 54.2 Å². The monoisotopic (exact) mass is 360 g/mol. The maximum absolute atomic E-state index is 2.35. The van der Waals surface area contributed by atoms with Crippen LogP contribution >= 0.6 is 11.3 Å². The Labute approximate surface area is 161 Å². The third-order valence-corrected chi connectivity index (χ3v) is 6.17. The Morgan fingerprint density at radius 2 is 1.07 bits per heavy atom. The van der Waals surface area contributed by atoms with Crippen LogP contribution in [0.3, 0.4) is 0 Å². The molecule has 0 N–H and O–H groups in total. The van der Waals surface area contributed by atoms with Gasteiger partial charge in [-0.15, -0.1) is 0 Å². The molecule has 0 saturated heterocycles. The van der Waals surface area contributed by atoms with Gasteiger partial charge in [-0.1, -0.05) is 42.5 Å². The van der Waals surface area contributed by atoms with Gasteiger partial charge < -0.3 is 0 Å². The van der Waals surface area contributed by atoms with Crippen LogP contribution in [0, 0.1) is 0 Å². The highest BCUT2D eigenvalue weighted by atomic mass is 32.1. The van der Waals surface area contributed by atoms with Crippen molar-refractivity contribution in [1.29, 1.82) is 0 Å². The molecule has 0 unspecified atom stereocenters. The zero-order chi connectivity index (χ0) is 17.8. The summed E-state index contributed by atoms with van der Waals surface area (Å²) in [6, 6.07) is 31.3. The zero-order valence-corrected chi connectivity index (χ0v) is 15.5. The summed E-state index contributed by atoms with van der Waals surface area (Å²) in [6.45, 7) is 0. The summed E-state index contributed by atoms with van der Waals surface area (Å²) < 4.78 is 0. The third-order valence-electron chi connectivity index (χ3n) is 5.49. The van der Waals surface area contributed by atoms with E-state index in [0.717, 1.165) is 0 Å². The molecular formula is C26H16S. The van der Waals surface area contributed by atoms with Crippen molar-refractivity contribution in [2.75, 3.05) is 0 Å². The molecule has 5 aromatic carbocycles. The molecule has 6 rings (SSSR count). The van der Waals surface area contributed by atoms with E-state index in [4.69, 9.17) is 0 Å².